The van der Waals surface area contributed by atoms with Crippen molar-refractivity contribution in [3.8, 4) is 0 Å². The highest BCUT2D eigenvalue weighted by molar-refractivity contribution is 7.89. The van der Waals surface area contributed by atoms with Crippen molar-refractivity contribution in [2.24, 2.45) is 0 Å². The van der Waals surface area contributed by atoms with Gasteiger partial charge < -0.3 is 4.90 Å². The van der Waals surface area contributed by atoms with Gasteiger partial charge in [0.15, 0.2) is 0 Å². The Kier molecular flexibility index (Phi) is 5.00. The van der Waals surface area contributed by atoms with E-state index in [1.54, 1.807) is 12.1 Å². The van der Waals surface area contributed by atoms with Gasteiger partial charge in [-0.2, -0.15) is 13.2 Å². The molecule has 1 saturated heterocycles. The number of halogens is 3. The third-order valence-corrected chi connectivity index (χ3v) is 5.21. The number of rotatable bonds is 3. The van der Waals surface area contributed by atoms with Gasteiger partial charge in [-0.15, -0.1) is 0 Å². The molecule has 0 saturated carbocycles. The van der Waals surface area contributed by atoms with Crippen molar-refractivity contribution >= 4 is 15.9 Å². The SMILES string of the molecule is Cc1ccc(S(=O)(=O)NC2CCN(C(=O)C(F)(F)F)CC2)cc1. The molecule has 128 valence electrons. The van der Waals surface area contributed by atoms with Crippen LogP contribution in [-0.2, 0) is 14.8 Å². The van der Waals surface area contributed by atoms with E-state index in [0.717, 1.165) is 5.56 Å². The Morgan fingerprint density at radius 1 is 1.17 bits per heavy atom. The molecule has 0 spiro atoms. The predicted molar refractivity (Wildman–Crippen MR) is 77.2 cm³/mol. The highest BCUT2D eigenvalue weighted by Gasteiger charge is 2.43. The topological polar surface area (TPSA) is 66.5 Å². The molecule has 1 aliphatic rings. The Hall–Kier alpha value is -1.61. The smallest absolute Gasteiger partial charge is 0.335 e. The van der Waals surface area contributed by atoms with Gasteiger partial charge in [0.1, 0.15) is 0 Å². The van der Waals surface area contributed by atoms with E-state index in [0.29, 0.717) is 4.90 Å². The quantitative estimate of drug-likeness (QED) is 0.904. The number of aryl methyl sites for hydroxylation is 1. The molecule has 0 bridgehead atoms. The molecule has 0 atom stereocenters. The van der Waals surface area contributed by atoms with Crippen LogP contribution in [0.25, 0.3) is 0 Å². The van der Waals surface area contributed by atoms with E-state index in [1.165, 1.54) is 12.1 Å². The van der Waals surface area contributed by atoms with Crippen LogP contribution in [0.2, 0.25) is 0 Å². The molecule has 0 aliphatic carbocycles. The first-order chi connectivity index (χ1) is 10.6. The molecule has 1 N–H and O–H groups in total. The number of likely N-dealkylation sites (tertiary alicyclic amines) is 1. The zero-order chi connectivity index (χ0) is 17.3. The fourth-order valence-electron chi connectivity index (χ4n) is 2.38. The summed E-state index contributed by atoms with van der Waals surface area (Å²) >= 11 is 0. The van der Waals surface area contributed by atoms with E-state index in [4.69, 9.17) is 0 Å². The number of nitrogens with zero attached hydrogens (tertiary/aromatic N) is 1. The van der Waals surface area contributed by atoms with Crippen LogP contribution < -0.4 is 4.72 Å². The summed E-state index contributed by atoms with van der Waals surface area (Å²) in [6, 6.07) is 5.79. The minimum atomic E-state index is -4.89. The summed E-state index contributed by atoms with van der Waals surface area (Å²) in [4.78, 5) is 11.9. The molecule has 9 heteroatoms. The zero-order valence-corrected chi connectivity index (χ0v) is 13.2. The highest BCUT2D eigenvalue weighted by Crippen LogP contribution is 2.22. The summed E-state index contributed by atoms with van der Waals surface area (Å²) in [5, 5.41) is 0. The molecule has 1 fully saturated rings. The molecule has 0 radical (unpaired) electrons. The van der Waals surface area contributed by atoms with Crippen molar-refractivity contribution in [1.29, 1.82) is 0 Å². The molecular weight excluding hydrogens is 333 g/mol. The van der Waals surface area contributed by atoms with E-state index < -0.39 is 28.1 Å². The molecule has 1 heterocycles. The van der Waals surface area contributed by atoms with Crippen molar-refractivity contribution in [3.05, 3.63) is 29.8 Å². The van der Waals surface area contributed by atoms with Gasteiger partial charge in [0, 0.05) is 19.1 Å². The zero-order valence-electron chi connectivity index (χ0n) is 12.4. The summed E-state index contributed by atoms with van der Waals surface area (Å²) in [7, 11) is -3.72. The minimum Gasteiger partial charge on any atom is -0.335 e. The largest absolute Gasteiger partial charge is 0.471 e. The fourth-order valence-corrected chi connectivity index (χ4v) is 3.69. The van der Waals surface area contributed by atoms with Crippen molar-refractivity contribution in [3.63, 3.8) is 0 Å². The van der Waals surface area contributed by atoms with Gasteiger partial charge in [0.05, 0.1) is 4.90 Å². The van der Waals surface area contributed by atoms with Crippen molar-refractivity contribution < 1.29 is 26.4 Å². The number of carbonyl (C=O) groups is 1. The van der Waals surface area contributed by atoms with Crippen molar-refractivity contribution in [2.75, 3.05) is 13.1 Å². The third kappa shape index (κ3) is 4.44. The molecular formula is C14H17F3N2O3S. The number of carbonyl (C=O) groups excluding carboxylic acids is 1. The monoisotopic (exact) mass is 350 g/mol. The Morgan fingerprint density at radius 3 is 2.17 bits per heavy atom. The van der Waals surface area contributed by atoms with Crippen LogP contribution in [0, 0.1) is 6.92 Å². The number of piperidine rings is 1. The predicted octanol–water partition coefficient (Wildman–Crippen LogP) is 1.83. The van der Waals surface area contributed by atoms with E-state index in [1.807, 2.05) is 6.92 Å². The van der Waals surface area contributed by atoms with Gasteiger partial charge in [0.2, 0.25) is 10.0 Å². The fraction of sp³-hybridized carbons (Fsp3) is 0.500. The van der Waals surface area contributed by atoms with Crippen LogP contribution in [0.15, 0.2) is 29.2 Å². The summed E-state index contributed by atoms with van der Waals surface area (Å²) < 4.78 is 64.0. The first-order valence-corrected chi connectivity index (χ1v) is 8.53. The molecule has 1 aliphatic heterocycles. The van der Waals surface area contributed by atoms with Crippen LogP contribution in [-0.4, -0.2) is 44.5 Å². The second kappa shape index (κ2) is 6.48. The lowest BCUT2D eigenvalue weighted by atomic mass is 10.1. The summed E-state index contributed by atoms with van der Waals surface area (Å²) in [6.45, 7) is 1.58. The van der Waals surface area contributed by atoms with Crippen LogP contribution in [0.1, 0.15) is 18.4 Å². The lowest BCUT2D eigenvalue weighted by Gasteiger charge is -2.32. The van der Waals surface area contributed by atoms with Gasteiger partial charge in [-0.05, 0) is 31.9 Å². The molecule has 2 rings (SSSR count). The van der Waals surface area contributed by atoms with Gasteiger partial charge >= 0.3 is 12.1 Å². The van der Waals surface area contributed by atoms with Crippen LogP contribution in [0.5, 0.6) is 0 Å². The average molecular weight is 350 g/mol. The summed E-state index contributed by atoms with van der Waals surface area (Å²) in [5.41, 5.74) is 0.919. The van der Waals surface area contributed by atoms with E-state index in [-0.39, 0.29) is 30.8 Å². The molecule has 1 aromatic carbocycles. The highest BCUT2D eigenvalue weighted by atomic mass is 32.2. The average Bonchev–Trinajstić information content (AvgIpc) is 2.46. The lowest BCUT2D eigenvalue weighted by molar-refractivity contribution is -0.186. The lowest BCUT2D eigenvalue weighted by Crippen LogP contribution is -2.49. The molecule has 5 nitrogen and oxygen atoms in total. The Morgan fingerprint density at radius 2 is 1.70 bits per heavy atom. The molecule has 1 amide bonds. The first kappa shape index (κ1) is 17.7. The number of hydrogen-bond acceptors (Lipinski definition) is 3. The van der Waals surface area contributed by atoms with Crippen molar-refractivity contribution in [2.45, 2.75) is 36.9 Å². The van der Waals surface area contributed by atoms with Gasteiger partial charge in [-0.25, -0.2) is 13.1 Å². The van der Waals surface area contributed by atoms with E-state index >= 15 is 0 Å². The van der Waals surface area contributed by atoms with Gasteiger partial charge in [-0.1, -0.05) is 17.7 Å². The minimum absolute atomic E-state index is 0.108. The maximum Gasteiger partial charge on any atom is 0.471 e. The first-order valence-electron chi connectivity index (χ1n) is 7.05. The third-order valence-electron chi connectivity index (χ3n) is 3.68. The Labute approximate surface area is 132 Å². The molecule has 1 aromatic rings. The van der Waals surface area contributed by atoms with E-state index in [9.17, 15) is 26.4 Å². The maximum atomic E-state index is 12.4. The van der Waals surface area contributed by atoms with Gasteiger partial charge in [-0.3, -0.25) is 4.79 Å². The Bertz CT molecular complexity index is 664. The van der Waals surface area contributed by atoms with E-state index in [2.05, 4.69) is 4.72 Å². The molecule has 23 heavy (non-hydrogen) atoms. The number of alkyl halides is 3. The van der Waals surface area contributed by atoms with Gasteiger partial charge in [0.25, 0.3) is 0 Å². The normalized spacial score (nSPS) is 17.3. The maximum absolute atomic E-state index is 12.4. The Balaban J connectivity index is 1.96. The van der Waals surface area contributed by atoms with Crippen molar-refractivity contribution in [1.82, 2.24) is 9.62 Å². The second-order valence-corrected chi connectivity index (χ2v) is 7.21. The number of hydrogen-bond donors (Lipinski definition) is 1. The second-order valence-electron chi connectivity index (χ2n) is 5.50. The van der Waals surface area contributed by atoms with Crippen LogP contribution >= 0.6 is 0 Å². The number of nitrogens with one attached hydrogen (secondary N) is 1. The van der Waals surface area contributed by atoms with Crippen LogP contribution in [0.4, 0.5) is 13.2 Å². The summed E-state index contributed by atoms with van der Waals surface area (Å²) in [6.07, 6.45) is -4.60. The number of amides is 1. The molecule has 0 aromatic heterocycles. The number of sulfonamides is 1. The molecule has 0 unspecified atom stereocenters. The summed E-state index contributed by atoms with van der Waals surface area (Å²) in [5.74, 6) is -1.88. The number of benzene rings is 1. The van der Waals surface area contributed by atoms with Crippen LogP contribution in [0.3, 0.4) is 0 Å². The standard InChI is InChI=1S/C14H17F3N2O3S/c1-10-2-4-12(5-3-10)23(21,22)18-11-6-8-19(9-7-11)13(20)14(15,16)17/h2-5,11,18H,6-9H2,1H3.